The minimum Gasteiger partial charge on any atom is -0.472 e. The smallest absolute Gasteiger partial charge is 0.218 e. The zero-order valence-electron chi connectivity index (χ0n) is 17.4. The van der Waals surface area contributed by atoms with Crippen molar-refractivity contribution in [2.24, 2.45) is 17.8 Å². The highest BCUT2D eigenvalue weighted by molar-refractivity contribution is 7.98. The fourth-order valence-corrected chi connectivity index (χ4v) is 6.73. The molecule has 4 saturated carbocycles. The number of rotatable bonds is 7. The Morgan fingerprint density at radius 2 is 2.07 bits per heavy atom. The highest BCUT2D eigenvalue weighted by Gasteiger charge is 2.54. The van der Waals surface area contributed by atoms with Crippen LogP contribution in [0.3, 0.4) is 0 Å². The Morgan fingerprint density at radius 1 is 1.30 bits per heavy atom. The summed E-state index contributed by atoms with van der Waals surface area (Å²) in [7, 11) is 0. The van der Waals surface area contributed by atoms with Gasteiger partial charge in [0, 0.05) is 33.5 Å². The molecular formula is C24H29ClN2O2S. The van der Waals surface area contributed by atoms with Gasteiger partial charge in [-0.25, -0.2) is 4.98 Å². The average Bonchev–Trinajstić information content (AvgIpc) is 2.69. The van der Waals surface area contributed by atoms with Crippen LogP contribution in [-0.2, 0) is 6.54 Å². The van der Waals surface area contributed by atoms with Gasteiger partial charge < -0.3 is 15.2 Å². The van der Waals surface area contributed by atoms with Gasteiger partial charge in [0.25, 0.3) is 0 Å². The van der Waals surface area contributed by atoms with Crippen molar-refractivity contribution in [2.45, 2.75) is 55.2 Å². The van der Waals surface area contributed by atoms with Crippen molar-refractivity contribution in [3.63, 3.8) is 0 Å². The molecule has 4 aliphatic rings. The Balaban J connectivity index is 1.38. The summed E-state index contributed by atoms with van der Waals surface area (Å²) < 4.78 is 5.92. The zero-order chi connectivity index (χ0) is 20.9. The second kappa shape index (κ2) is 8.01. The van der Waals surface area contributed by atoms with Crippen molar-refractivity contribution in [1.82, 2.24) is 10.3 Å². The van der Waals surface area contributed by atoms with Crippen LogP contribution in [0.2, 0.25) is 0 Å². The van der Waals surface area contributed by atoms with Crippen LogP contribution in [0.4, 0.5) is 0 Å². The van der Waals surface area contributed by atoms with Crippen molar-refractivity contribution in [3.8, 4) is 5.88 Å². The quantitative estimate of drug-likeness (QED) is 0.580. The van der Waals surface area contributed by atoms with Crippen LogP contribution in [0.5, 0.6) is 5.88 Å². The maximum absolute atomic E-state index is 10.9. The molecule has 6 heteroatoms. The molecular weight excluding hydrogens is 416 g/mol. The molecule has 1 aromatic heterocycles. The SMILES string of the molecule is C=C(Cl)COc1nc2cc(SC)ccc2cc1CNC1C2CC3CC1CC(O)(C3)C2. The topological polar surface area (TPSA) is 54.4 Å². The van der Waals surface area contributed by atoms with E-state index in [-0.39, 0.29) is 6.61 Å². The Hall–Kier alpha value is -1.27. The number of hydrogen-bond donors (Lipinski definition) is 2. The van der Waals surface area contributed by atoms with Crippen LogP contribution in [0.15, 0.2) is 40.8 Å². The van der Waals surface area contributed by atoms with Crippen LogP contribution in [-0.4, -0.2) is 34.6 Å². The van der Waals surface area contributed by atoms with Crippen molar-refractivity contribution < 1.29 is 9.84 Å². The van der Waals surface area contributed by atoms with Crippen molar-refractivity contribution in [1.29, 1.82) is 0 Å². The summed E-state index contributed by atoms with van der Waals surface area (Å²) in [5.74, 6) is 2.49. The third kappa shape index (κ3) is 3.97. The number of aliphatic hydroxyl groups is 1. The first-order chi connectivity index (χ1) is 14.4. The number of fused-ring (bicyclic) bond motifs is 1. The lowest BCUT2D eigenvalue weighted by Gasteiger charge is -2.58. The Morgan fingerprint density at radius 3 is 2.73 bits per heavy atom. The van der Waals surface area contributed by atoms with Gasteiger partial charge >= 0.3 is 0 Å². The van der Waals surface area contributed by atoms with Crippen LogP contribution in [0.25, 0.3) is 10.9 Å². The number of hydrogen-bond acceptors (Lipinski definition) is 5. The first-order valence-corrected chi connectivity index (χ1v) is 12.4. The maximum atomic E-state index is 10.9. The van der Waals surface area contributed by atoms with Gasteiger partial charge in [0.05, 0.1) is 11.1 Å². The van der Waals surface area contributed by atoms with Gasteiger partial charge in [-0.05, 0) is 74.3 Å². The molecule has 2 atom stereocenters. The summed E-state index contributed by atoms with van der Waals surface area (Å²) in [5.41, 5.74) is 1.57. The molecule has 0 spiro atoms. The molecule has 0 radical (unpaired) electrons. The van der Waals surface area contributed by atoms with Crippen LogP contribution in [0, 0.1) is 17.8 Å². The molecule has 2 N–H and O–H groups in total. The molecule has 1 aromatic carbocycles. The summed E-state index contributed by atoms with van der Waals surface area (Å²) in [4.78, 5) is 5.99. The van der Waals surface area contributed by atoms with E-state index in [2.05, 4.69) is 42.4 Å². The van der Waals surface area contributed by atoms with Gasteiger partial charge in [0.15, 0.2) is 0 Å². The second-order valence-electron chi connectivity index (χ2n) is 9.42. The number of ether oxygens (including phenoxy) is 1. The lowest BCUT2D eigenvalue weighted by molar-refractivity contribution is -0.138. The number of aromatic nitrogens is 1. The third-order valence-electron chi connectivity index (χ3n) is 7.20. The van der Waals surface area contributed by atoms with Crippen LogP contribution >= 0.6 is 23.4 Å². The van der Waals surface area contributed by atoms with E-state index in [4.69, 9.17) is 21.3 Å². The fourth-order valence-electron chi connectivity index (χ4n) is 6.24. The van der Waals surface area contributed by atoms with E-state index in [1.54, 1.807) is 11.8 Å². The van der Waals surface area contributed by atoms with Gasteiger partial charge in [-0.3, -0.25) is 0 Å². The number of nitrogens with one attached hydrogen (secondary N) is 1. The maximum Gasteiger partial charge on any atom is 0.218 e. The molecule has 160 valence electrons. The summed E-state index contributed by atoms with van der Waals surface area (Å²) in [6, 6.07) is 8.99. The summed E-state index contributed by atoms with van der Waals surface area (Å²) in [6.45, 7) is 4.69. The first-order valence-electron chi connectivity index (χ1n) is 10.8. The molecule has 2 aromatic rings. The van der Waals surface area contributed by atoms with E-state index >= 15 is 0 Å². The summed E-state index contributed by atoms with van der Waals surface area (Å²) >= 11 is 7.66. The lowest BCUT2D eigenvalue weighted by Crippen LogP contribution is -2.60. The van der Waals surface area contributed by atoms with E-state index in [0.29, 0.717) is 41.3 Å². The fraction of sp³-hybridized carbons (Fsp3) is 0.542. The van der Waals surface area contributed by atoms with E-state index in [9.17, 15) is 5.11 Å². The molecule has 0 aliphatic heterocycles. The standard InChI is InChI=1S/C24H29ClN2O2S/c1-14(25)13-29-23-19(7-16-3-4-20(30-2)8-21(16)27-23)12-26-22-17-5-15-6-18(22)11-24(28,9-15)10-17/h3-4,7-8,15,17-18,22,26,28H,1,5-6,9-13H2,2H3. The van der Waals surface area contributed by atoms with E-state index in [0.717, 1.165) is 35.7 Å². The van der Waals surface area contributed by atoms with Gasteiger partial charge in [0.1, 0.15) is 6.61 Å². The molecule has 4 fully saturated rings. The Labute approximate surface area is 187 Å². The minimum atomic E-state index is -0.400. The summed E-state index contributed by atoms with van der Waals surface area (Å²) in [5, 5.41) is 16.2. The first kappa shape index (κ1) is 20.6. The van der Waals surface area contributed by atoms with Gasteiger partial charge in [-0.1, -0.05) is 24.2 Å². The lowest BCUT2D eigenvalue weighted by atomic mass is 9.52. The zero-order valence-corrected chi connectivity index (χ0v) is 18.9. The van der Waals surface area contributed by atoms with Gasteiger partial charge in [0.2, 0.25) is 5.88 Å². The van der Waals surface area contributed by atoms with E-state index in [1.165, 1.54) is 17.7 Å². The molecule has 2 unspecified atom stereocenters. The molecule has 6 rings (SSSR count). The van der Waals surface area contributed by atoms with Crippen LogP contribution < -0.4 is 10.1 Å². The number of thioether (sulfide) groups is 1. The summed E-state index contributed by atoms with van der Waals surface area (Å²) in [6.07, 6.45) is 7.47. The Kier molecular flexibility index (Phi) is 5.51. The number of halogens is 1. The monoisotopic (exact) mass is 444 g/mol. The predicted octanol–water partition coefficient (Wildman–Crippen LogP) is 5.12. The van der Waals surface area contributed by atoms with Crippen molar-refractivity contribution in [2.75, 3.05) is 12.9 Å². The molecule has 1 heterocycles. The molecule has 4 nitrogen and oxygen atoms in total. The van der Waals surface area contributed by atoms with Crippen molar-refractivity contribution >= 4 is 34.3 Å². The Bertz CT molecular complexity index is 965. The van der Waals surface area contributed by atoms with E-state index in [1.807, 2.05) is 0 Å². The molecule has 30 heavy (non-hydrogen) atoms. The normalized spacial score (nSPS) is 32.0. The molecule has 0 saturated heterocycles. The molecule has 4 bridgehead atoms. The molecule has 0 amide bonds. The second-order valence-corrected chi connectivity index (χ2v) is 10.8. The predicted molar refractivity (Wildman–Crippen MR) is 123 cm³/mol. The van der Waals surface area contributed by atoms with Gasteiger partial charge in [-0.15, -0.1) is 11.8 Å². The number of pyridine rings is 1. The van der Waals surface area contributed by atoms with Crippen molar-refractivity contribution in [3.05, 3.63) is 41.4 Å². The number of benzene rings is 1. The van der Waals surface area contributed by atoms with E-state index < -0.39 is 5.60 Å². The largest absolute Gasteiger partial charge is 0.472 e. The number of nitrogens with zero attached hydrogens (tertiary/aromatic N) is 1. The average molecular weight is 445 g/mol. The van der Waals surface area contributed by atoms with Gasteiger partial charge in [-0.2, -0.15) is 0 Å². The highest BCUT2D eigenvalue weighted by atomic mass is 35.5. The third-order valence-corrected chi connectivity index (χ3v) is 8.03. The molecule has 4 aliphatic carbocycles. The van der Waals surface area contributed by atoms with Crippen LogP contribution in [0.1, 0.15) is 37.7 Å². The minimum absolute atomic E-state index is 0.249. The highest BCUT2D eigenvalue weighted by Crippen LogP contribution is 2.55.